The standard InChI is InChI=1S/C3H7NO.C3H6O2.C3H6OS.C2H7NO2S/c1-3(5)4-2;2*1-3(4)5-2;1-3-6(2,4)5/h1-2H3,(H,4,5);2*1-2H3;3H,1-2H3. The molecule has 0 saturated carbocycles. The van der Waals surface area contributed by atoms with Crippen molar-refractivity contribution in [3.63, 3.8) is 0 Å². The number of methoxy groups -OCH3 is 1. The summed E-state index contributed by atoms with van der Waals surface area (Å²) in [5, 5.41) is 2.56. The normalized spacial score (nSPS) is 8.38. The first-order valence-corrected chi connectivity index (χ1v) is 8.65. The number of carbonyl (C=O) groups is 3. The van der Waals surface area contributed by atoms with Crippen molar-refractivity contribution in [1.29, 1.82) is 0 Å². The summed E-state index contributed by atoms with van der Waals surface area (Å²) in [4.78, 5) is 29.1. The molecule has 0 aromatic heterocycles. The lowest BCUT2D eigenvalue weighted by Gasteiger charge is -1.85. The van der Waals surface area contributed by atoms with Crippen molar-refractivity contribution < 1.29 is 27.5 Å². The lowest BCUT2D eigenvalue weighted by molar-refractivity contribution is -0.138. The maximum absolute atomic E-state index is 9.89. The number of rotatable bonds is 1. The molecule has 0 aliphatic rings. The summed E-state index contributed by atoms with van der Waals surface area (Å²) < 4.78 is 26.0. The van der Waals surface area contributed by atoms with E-state index in [1.807, 2.05) is 0 Å². The van der Waals surface area contributed by atoms with Gasteiger partial charge in [-0.1, -0.05) is 11.8 Å². The van der Waals surface area contributed by atoms with E-state index in [2.05, 4.69) is 14.8 Å². The van der Waals surface area contributed by atoms with Crippen LogP contribution in [0.1, 0.15) is 20.8 Å². The van der Waals surface area contributed by atoms with E-state index in [-0.39, 0.29) is 17.0 Å². The first kappa shape index (κ1) is 28.1. The van der Waals surface area contributed by atoms with Gasteiger partial charge in [-0.05, 0) is 13.3 Å². The number of carbonyl (C=O) groups excluding carboxylic acids is 3. The van der Waals surface area contributed by atoms with E-state index in [9.17, 15) is 22.8 Å². The van der Waals surface area contributed by atoms with Crippen molar-refractivity contribution in [2.75, 3.05) is 33.7 Å². The fourth-order valence-corrected chi connectivity index (χ4v) is 0. The second-order valence-electron chi connectivity index (χ2n) is 3.17. The van der Waals surface area contributed by atoms with Gasteiger partial charge < -0.3 is 10.1 Å². The molecule has 128 valence electrons. The van der Waals surface area contributed by atoms with Gasteiger partial charge in [-0.25, -0.2) is 13.1 Å². The summed E-state index contributed by atoms with van der Waals surface area (Å²) >= 11 is 1.24. The third-order valence-electron chi connectivity index (χ3n) is 1.30. The van der Waals surface area contributed by atoms with E-state index in [1.54, 1.807) is 20.2 Å². The molecular weight excluding hydrogens is 320 g/mol. The Bertz CT molecular complexity index is 349. The van der Waals surface area contributed by atoms with Crippen LogP contribution in [0.2, 0.25) is 0 Å². The summed E-state index contributed by atoms with van der Waals surface area (Å²) in [5.74, 6) is -0.241. The lowest BCUT2D eigenvalue weighted by atomic mass is 10.7. The Balaban J connectivity index is -0.0000000921. The molecule has 0 heterocycles. The van der Waals surface area contributed by atoms with Crippen LogP contribution in [0, 0.1) is 0 Å². The minimum atomic E-state index is -2.91. The highest BCUT2D eigenvalue weighted by Crippen LogP contribution is 1.88. The van der Waals surface area contributed by atoms with Gasteiger partial charge in [0.2, 0.25) is 15.9 Å². The Kier molecular flexibility index (Phi) is 25.2. The number of esters is 1. The van der Waals surface area contributed by atoms with Gasteiger partial charge in [0.25, 0.3) is 0 Å². The van der Waals surface area contributed by atoms with Crippen LogP contribution < -0.4 is 10.0 Å². The second kappa shape index (κ2) is 18.9. The molecule has 8 nitrogen and oxygen atoms in total. The summed E-state index contributed by atoms with van der Waals surface area (Å²) in [7, 11) is 1.41. The number of nitrogens with one attached hydrogen (secondary N) is 2. The summed E-state index contributed by atoms with van der Waals surface area (Å²) in [6, 6.07) is 0. The molecule has 0 fully saturated rings. The zero-order valence-electron chi connectivity index (χ0n) is 13.8. The van der Waals surface area contributed by atoms with Crippen molar-refractivity contribution in [2.24, 2.45) is 0 Å². The van der Waals surface area contributed by atoms with Gasteiger partial charge in [-0.2, -0.15) is 0 Å². The van der Waals surface area contributed by atoms with Crippen molar-refractivity contribution in [2.45, 2.75) is 20.8 Å². The molecule has 0 saturated heterocycles. The van der Waals surface area contributed by atoms with E-state index in [1.165, 1.54) is 39.8 Å². The maximum atomic E-state index is 9.89. The Morgan fingerprint density at radius 2 is 1.24 bits per heavy atom. The van der Waals surface area contributed by atoms with Crippen LogP contribution in [0.3, 0.4) is 0 Å². The predicted octanol–water partition coefficient (Wildman–Crippen LogP) is -0.00710. The summed E-state index contributed by atoms with van der Waals surface area (Å²) in [6.45, 7) is 4.38. The minimum Gasteiger partial charge on any atom is -0.469 e. The highest BCUT2D eigenvalue weighted by Gasteiger charge is 1.88. The average molecular weight is 346 g/mol. The number of hydrogen-bond donors (Lipinski definition) is 2. The van der Waals surface area contributed by atoms with E-state index >= 15 is 0 Å². The van der Waals surface area contributed by atoms with Crippen molar-refractivity contribution in [1.82, 2.24) is 10.0 Å². The Hall–Kier alpha value is -1.13. The van der Waals surface area contributed by atoms with Crippen molar-refractivity contribution in [3.05, 3.63) is 0 Å². The van der Waals surface area contributed by atoms with E-state index < -0.39 is 10.0 Å². The molecule has 0 aromatic rings. The Morgan fingerprint density at radius 3 is 1.24 bits per heavy atom. The summed E-state index contributed by atoms with van der Waals surface area (Å²) in [6.07, 6.45) is 2.87. The zero-order chi connectivity index (χ0) is 18.1. The highest BCUT2D eigenvalue weighted by atomic mass is 32.2. The van der Waals surface area contributed by atoms with Gasteiger partial charge in [0.05, 0.1) is 13.4 Å². The first-order chi connectivity index (χ1) is 9.37. The topological polar surface area (TPSA) is 119 Å². The van der Waals surface area contributed by atoms with Gasteiger partial charge in [0.1, 0.15) is 0 Å². The van der Waals surface area contributed by atoms with Crippen molar-refractivity contribution in [3.8, 4) is 0 Å². The molecule has 0 rings (SSSR count). The van der Waals surface area contributed by atoms with Crippen molar-refractivity contribution >= 4 is 38.8 Å². The molecule has 2 N–H and O–H groups in total. The monoisotopic (exact) mass is 346 g/mol. The molecule has 0 spiro atoms. The number of sulfonamides is 1. The molecule has 0 aliphatic carbocycles. The quantitative estimate of drug-likeness (QED) is 0.641. The maximum Gasteiger partial charge on any atom is 0.302 e. The predicted molar refractivity (Wildman–Crippen MR) is 85.5 cm³/mol. The van der Waals surface area contributed by atoms with Crippen LogP contribution >= 0.6 is 11.8 Å². The molecule has 1 amide bonds. The summed E-state index contributed by atoms with van der Waals surface area (Å²) in [5.41, 5.74) is 0. The number of ether oxygens (including phenoxy) is 1. The van der Waals surface area contributed by atoms with Crippen LogP contribution in [0.25, 0.3) is 0 Å². The first-order valence-electron chi connectivity index (χ1n) is 5.53. The smallest absolute Gasteiger partial charge is 0.302 e. The van der Waals surface area contributed by atoms with Crippen LogP contribution in [0.4, 0.5) is 0 Å². The van der Waals surface area contributed by atoms with Crippen LogP contribution in [0.5, 0.6) is 0 Å². The third kappa shape index (κ3) is 86.7. The van der Waals surface area contributed by atoms with Gasteiger partial charge >= 0.3 is 5.97 Å². The fourth-order valence-electron chi connectivity index (χ4n) is 0. The van der Waals surface area contributed by atoms with Crippen LogP contribution in [-0.4, -0.2) is 59.1 Å². The van der Waals surface area contributed by atoms with E-state index in [0.29, 0.717) is 0 Å². The molecule has 0 radical (unpaired) electrons. The molecule has 10 heteroatoms. The molecule has 0 bridgehead atoms. The SMILES string of the molecule is CNC(C)=O.CNS(C)(=O)=O.COC(C)=O.CSC(C)=O. The van der Waals surface area contributed by atoms with Gasteiger partial charge in [-0.3, -0.25) is 14.4 Å². The Labute approximate surface area is 131 Å². The zero-order valence-corrected chi connectivity index (χ0v) is 15.4. The largest absolute Gasteiger partial charge is 0.469 e. The fraction of sp³-hybridized carbons (Fsp3) is 0.727. The molecule has 0 aromatic carbocycles. The molecule has 21 heavy (non-hydrogen) atoms. The lowest BCUT2D eigenvalue weighted by Crippen LogP contribution is -2.15. The molecule has 0 atom stereocenters. The van der Waals surface area contributed by atoms with Gasteiger partial charge in [0.15, 0.2) is 5.12 Å². The van der Waals surface area contributed by atoms with Crippen LogP contribution in [-0.2, 0) is 29.1 Å². The third-order valence-corrected chi connectivity index (χ3v) is 2.61. The molecular formula is C11H26N2O6S2. The minimum absolute atomic E-state index is 0.00463. The van der Waals surface area contributed by atoms with Crippen LogP contribution in [0.15, 0.2) is 0 Å². The Morgan fingerprint density at radius 1 is 1.05 bits per heavy atom. The number of thioether (sulfide) groups is 1. The van der Waals surface area contributed by atoms with Gasteiger partial charge in [-0.15, -0.1) is 0 Å². The highest BCUT2D eigenvalue weighted by molar-refractivity contribution is 8.12. The average Bonchev–Trinajstić information content (AvgIpc) is 2.39. The molecule has 0 aliphatic heterocycles. The second-order valence-corrected chi connectivity index (χ2v) is 6.11. The van der Waals surface area contributed by atoms with E-state index in [4.69, 9.17) is 0 Å². The van der Waals surface area contributed by atoms with E-state index in [0.717, 1.165) is 6.26 Å². The van der Waals surface area contributed by atoms with Gasteiger partial charge in [0, 0.05) is 27.8 Å². The number of amides is 1. The molecule has 0 unspecified atom stereocenters. The number of hydrogen-bond acceptors (Lipinski definition) is 7.